The minimum atomic E-state index is -4.02. The zero-order chi connectivity index (χ0) is 14.6. The van der Waals surface area contributed by atoms with Gasteiger partial charge in [0.2, 0.25) is 0 Å². The van der Waals surface area contributed by atoms with Crippen LogP contribution in [-0.2, 0) is 10.0 Å². The SMILES string of the molecule is O=[N+]([O-])c1ccc(S(=O)(=O)[N]Oc2ccccc2)cc1. The van der Waals surface area contributed by atoms with E-state index in [1.807, 2.05) is 0 Å². The first kappa shape index (κ1) is 14.0. The van der Waals surface area contributed by atoms with Crippen LogP contribution in [0.15, 0.2) is 59.5 Å². The third-order valence-corrected chi connectivity index (χ3v) is 3.47. The first-order valence-electron chi connectivity index (χ1n) is 5.43. The summed E-state index contributed by atoms with van der Waals surface area (Å²) in [7, 11) is -4.02. The predicted octanol–water partition coefficient (Wildman–Crippen LogP) is 1.88. The second kappa shape index (κ2) is 5.68. The van der Waals surface area contributed by atoms with Crippen LogP contribution in [0, 0.1) is 10.1 Å². The number of benzene rings is 2. The van der Waals surface area contributed by atoms with Crippen LogP contribution in [0.25, 0.3) is 0 Å². The molecule has 7 nitrogen and oxygen atoms in total. The normalized spacial score (nSPS) is 11.0. The van der Waals surface area contributed by atoms with Crippen molar-refractivity contribution >= 4 is 15.7 Å². The van der Waals surface area contributed by atoms with Gasteiger partial charge < -0.3 is 4.84 Å². The van der Waals surface area contributed by atoms with Gasteiger partial charge >= 0.3 is 0 Å². The molecule has 0 atom stereocenters. The molecule has 8 heteroatoms. The van der Waals surface area contributed by atoms with Gasteiger partial charge in [0.05, 0.1) is 14.7 Å². The highest BCUT2D eigenvalue weighted by Gasteiger charge is 2.18. The maximum Gasteiger partial charge on any atom is 0.292 e. The minimum Gasteiger partial charge on any atom is -0.372 e. The molecule has 0 N–H and O–H groups in total. The standard InChI is InChI=1S/C12H9N2O5S/c15-14(16)10-6-8-12(9-7-10)20(17,18)13-19-11-4-2-1-3-5-11/h1-9H. The summed E-state index contributed by atoms with van der Waals surface area (Å²) in [6.45, 7) is 0. The Bertz CT molecular complexity index is 698. The van der Waals surface area contributed by atoms with Gasteiger partial charge in [0, 0.05) is 12.1 Å². The summed E-state index contributed by atoms with van der Waals surface area (Å²) in [4.78, 5) is 17.7. The van der Waals surface area contributed by atoms with Crippen LogP contribution in [0.4, 0.5) is 5.69 Å². The van der Waals surface area contributed by atoms with E-state index in [1.54, 1.807) is 30.3 Å². The molecule has 0 unspecified atom stereocenters. The van der Waals surface area contributed by atoms with Gasteiger partial charge in [-0.15, -0.1) is 0 Å². The number of para-hydroxylation sites is 1. The Hall–Kier alpha value is -2.45. The Morgan fingerprint density at radius 1 is 1.00 bits per heavy atom. The Balaban J connectivity index is 2.12. The van der Waals surface area contributed by atoms with Crippen LogP contribution in [0.2, 0.25) is 0 Å². The second-order valence-corrected chi connectivity index (χ2v) is 5.28. The first-order valence-corrected chi connectivity index (χ1v) is 6.87. The van der Waals surface area contributed by atoms with E-state index in [2.05, 4.69) is 4.89 Å². The fraction of sp³-hybridized carbons (Fsp3) is 0. The predicted molar refractivity (Wildman–Crippen MR) is 69.5 cm³/mol. The van der Waals surface area contributed by atoms with Crippen LogP contribution >= 0.6 is 0 Å². The largest absolute Gasteiger partial charge is 0.372 e. The van der Waals surface area contributed by atoms with Crippen molar-refractivity contribution in [3.8, 4) is 5.75 Å². The number of hydrogen-bond acceptors (Lipinski definition) is 5. The molecule has 0 aliphatic rings. The molecule has 0 aliphatic heterocycles. The topological polar surface area (TPSA) is 101 Å². The van der Waals surface area contributed by atoms with Crippen LogP contribution < -0.4 is 9.72 Å². The van der Waals surface area contributed by atoms with E-state index in [4.69, 9.17) is 4.84 Å². The molecule has 20 heavy (non-hydrogen) atoms. The summed E-state index contributed by atoms with van der Waals surface area (Å²) in [6.07, 6.45) is 0. The molecule has 0 heterocycles. The highest BCUT2D eigenvalue weighted by Crippen LogP contribution is 2.17. The Labute approximate surface area is 115 Å². The molecular weight excluding hydrogens is 284 g/mol. The van der Waals surface area contributed by atoms with E-state index >= 15 is 0 Å². The number of nitro groups is 1. The molecule has 2 aromatic rings. The van der Waals surface area contributed by atoms with Gasteiger partial charge in [0.1, 0.15) is 0 Å². The summed E-state index contributed by atoms with van der Waals surface area (Å²) in [6, 6.07) is 12.6. The van der Waals surface area contributed by atoms with E-state index in [1.165, 1.54) is 0 Å². The smallest absolute Gasteiger partial charge is 0.292 e. The lowest BCUT2D eigenvalue weighted by molar-refractivity contribution is -0.384. The monoisotopic (exact) mass is 293 g/mol. The highest BCUT2D eigenvalue weighted by molar-refractivity contribution is 7.89. The molecule has 0 bridgehead atoms. The molecule has 0 aliphatic carbocycles. The summed E-state index contributed by atoms with van der Waals surface area (Å²) < 4.78 is 23.7. The fourth-order valence-electron chi connectivity index (χ4n) is 1.36. The maximum absolute atomic E-state index is 11.8. The molecular formula is C12H9N2O5S. The van der Waals surface area contributed by atoms with Gasteiger partial charge in [0.25, 0.3) is 15.7 Å². The van der Waals surface area contributed by atoms with Crippen molar-refractivity contribution in [3.05, 3.63) is 64.7 Å². The van der Waals surface area contributed by atoms with Crippen molar-refractivity contribution in [1.29, 1.82) is 0 Å². The lowest BCUT2D eigenvalue weighted by Crippen LogP contribution is -2.19. The number of sulfonamides is 1. The van der Waals surface area contributed by atoms with E-state index in [0.29, 0.717) is 0 Å². The van der Waals surface area contributed by atoms with Gasteiger partial charge in [-0.3, -0.25) is 10.1 Å². The molecule has 0 amide bonds. The van der Waals surface area contributed by atoms with Crippen molar-refractivity contribution < 1.29 is 18.2 Å². The van der Waals surface area contributed by atoms with E-state index < -0.39 is 14.9 Å². The summed E-state index contributed by atoms with van der Waals surface area (Å²) in [5, 5.41) is 10.5. The van der Waals surface area contributed by atoms with Crippen molar-refractivity contribution in [2.45, 2.75) is 4.90 Å². The fourth-order valence-corrected chi connectivity index (χ4v) is 2.11. The molecule has 0 saturated heterocycles. The lowest BCUT2D eigenvalue weighted by atomic mass is 10.3. The van der Waals surface area contributed by atoms with E-state index in [-0.39, 0.29) is 16.3 Å². The highest BCUT2D eigenvalue weighted by atomic mass is 32.2. The van der Waals surface area contributed by atoms with Gasteiger partial charge in [-0.1, -0.05) is 18.2 Å². The van der Waals surface area contributed by atoms with Crippen molar-refractivity contribution in [2.75, 3.05) is 0 Å². The molecule has 2 rings (SSSR count). The molecule has 0 fully saturated rings. The van der Waals surface area contributed by atoms with E-state index in [0.717, 1.165) is 24.3 Å². The molecule has 0 aromatic heterocycles. The quantitative estimate of drug-likeness (QED) is 0.618. The Kier molecular flexibility index (Phi) is 3.97. The number of nitro benzene ring substituents is 1. The zero-order valence-corrected chi connectivity index (χ0v) is 10.9. The number of non-ortho nitro benzene ring substituents is 1. The van der Waals surface area contributed by atoms with Crippen LogP contribution in [0.5, 0.6) is 5.75 Å². The molecule has 0 spiro atoms. The third kappa shape index (κ3) is 3.31. The lowest BCUT2D eigenvalue weighted by Gasteiger charge is -2.04. The van der Waals surface area contributed by atoms with Gasteiger partial charge in [-0.25, -0.2) is 8.42 Å². The second-order valence-electron chi connectivity index (χ2n) is 3.70. The molecule has 0 saturated carbocycles. The third-order valence-electron chi connectivity index (χ3n) is 2.33. The number of nitrogens with zero attached hydrogens (tertiary/aromatic N) is 2. The number of hydrogen-bond donors (Lipinski definition) is 0. The minimum absolute atomic E-state index is 0.181. The summed E-state index contributed by atoms with van der Waals surface area (Å²) in [5.41, 5.74) is -0.201. The molecule has 1 radical (unpaired) electrons. The van der Waals surface area contributed by atoms with Crippen molar-refractivity contribution in [1.82, 2.24) is 4.89 Å². The Morgan fingerprint density at radius 2 is 1.60 bits per heavy atom. The van der Waals surface area contributed by atoms with Crippen LogP contribution in [0.1, 0.15) is 0 Å². The van der Waals surface area contributed by atoms with Gasteiger partial charge in [0.15, 0.2) is 5.75 Å². The Morgan fingerprint density at radius 3 is 2.15 bits per heavy atom. The first-order chi connectivity index (χ1) is 9.49. The van der Waals surface area contributed by atoms with Crippen molar-refractivity contribution in [3.63, 3.8) is 0 Å². The average molecular weight is 293 g/mol. The maximum atomic E-state index is 11.8. The van der Waals surface area contributed by atoms with Crippen molar-refractivity contribution in [2.24, 2.45) is 0 Å². The van der Waals surface area contributed by atoms with E-state index in [9.17, 15) is 18.5 Å². The number of rotatable bonds is 5. The zero-order valence-electron chi connectivity index (χ0n) is 10.0. The van der Waals surface area contributed by atoms with Gasteiger partial charge in [-0.05, 0) is 24.3 Å². The van der Waals surface area contributed by atoms with Crippen LogP contribution in [-0.4, -0.2) is 13.3 Å². The average Bonchev–Trinajstić information content (AvgIpc) is 2.46. The van der Waals surface area contributed by atoms with Crippen LogP contribution in [0.3, 0.4) is 0 Å². The van der Waals surface area contributed by atoms with Gasteiger partial charge in [-0.2, -0.15) is 0 Å². The molecule has 2 aromatic carbocycles. The summed E-state index contributed by atoms with van der Waals surface area (Å²) >= 11 is 0. The summed E-state index contributed by atoms with van der Waals surface area (Å²) in [5.74, 6) is 0.276. The molecule has 103 valence electrons.